The number of phenols is 1. The molecule has 5 atom stereocenters. The Kier molecular flexibility index (Phi) is 9.73. The van der Waals surface area contributed by atoms with E-state index in [0.29, 0.717) is 11.3 Å². The van der Waals surface area contributed by atoms with Crippen molar-refractivity contribution in [3.63, 3.8) is 0 Å². The highest BCUT2D eigenvalue weighted by atomic mass is 16.4. The number of carboxylic acids is 1. The number of H-pyrrole nitrogens is 1. The van der Waals surface area contributed by atoms with Crippen LogP contribution in [0.1, 0.15) is 25.1 Å². The van der Waals surface area contributed by atoms with E-state index in [9.17, 15) is 29.4 Å². The molecule has 13 heteroatoms. The third-order valence-corrected chi connectivity index (χ3v) is 5.14. The first-order valence-corrected chi connectivity index (χ1v) is 10.8. The molecule has 5 unspecified atom stereocenters. The van der Waals surface area contributed by atoms with E-state index in [1.165, 1.54) is 38.5 Å². The Labute approximate surface area is 201 Å². The maximum atomic E-state index is 13.0. The van der Waals surface area contributed by atoms with Crippen LogP contribution in [0.3, 0.4) is 0 Å². The first-order valence-electron chi connectivity index (χ1n) is 10.8. The molecular formula is C22H30N6O7. The van der Waals surface area contributed by atoms with Crippen molar-refractivity contribution >= 4 is 23.7 Å². The number of nitrogens with zero attached hydrogens (tertiary/aromatic N) is 1. The number of aromatic nitrogens is 2. The highest BCUT2D eigenvalue weighted by Crippen LogP contribution is 2.12. The lowest BCUT2D eigenvalue weighted by atomic mass is 10.0. The Bertz CT molecular complexity index is 1010. The Balaban J connectivity index is 2.11. The number of rotatable bonds is 12. The Morgan fingerprint density at radius 2 is 1.66 bits per heavy atom. The number of aromatic hydroxyl groups is 1. The molecule has 2 rings (SSSR count). The molecule has 1 aromatic carbocycles. The summed E-state index contributed by atoms with van der Waals surface area (Å²) in [5.74, 6) is -3.58. The number of imidazole rings is 1. The number of benzene rings is 1. The van der Waals surface area contributed by atoms with Crippen molar-refractivity contribution in [1.82, 2.24) is 25.9 Å². The van der Waals surface area contributed by atoms with Crippen LogP contribution in [0, 0.1) is 0 Å². The van der Waals surface area contributed by atoms with Crippen molar-refractivity contribution in [3.05, 3.63) is 48.0 Å². The van der Waals surface area contributed by atoms with E-state index in [4.69, 9.17) is 10.8 Å². The van der Waals surface area contributed by atoms with E-state index >= 15 is 0 Å². The van der Waals surface area contributed by atoms with Crippen LogP contribution in [0.4, 0.5) is 0 Å². The number of nitrogens with two attached hydrogens (primary N) is 1. The predicted octanol–water partition coefficient (Wildman–Crippen LogP) is -1.83. The average molecular weight is 491 g/mol. The van der Waals surface area contributed by atoms with E-state index in [-0.39, 0.29) is 18.6 Å². The van der Waals surface area contributed by atoms with E-state index in [1.54, 1.807) is 12.1 Å². The maximum Gasteiger partial charge on any atom is 0.328 e. The topological polar surface area (TPSA) is 220 Å². The fourth-order valence-electron chi connectivity index (χ4n) is 3.13. The largest absolute Gasteiger partial charge is 0.508 e. The normalized spacial score (nSPS) is 15.2. The van der Waals surface area contributed by atoms with E-state index in [0.717, 1.165) is 0 Å². The molecular weight excluding hydrogens is 460 g/mol. The molecule has 2 aromatic rings. The van der Waals surface area contributed by atoms with Gasteiger partial charge in [-0.15, -0.1) is 0 Å². The summed E-state index contributed by atoms with van der Waals surface area (Å²) < 4.78 is 0. The number of hydrogen-bond donors (Lipinski definition) is 8. The second kappa shape index (κ2) is 12.5. The summed E-state index contributed by atoms with van der Waals surface area (Å²) in [6.07, 6.45) is 1.77. The summed E-state index contributed by atoms with van der Waals surface area (Å²) in [5.41, 5.74) is 7.20. The summed E-state index contributed by atoms with van der Waals surface area (Å²) in [6.45, 7) is 2.54. The molecule has 1 aromatic heterocycles. The van der Waals surface area contributed by atoms with Gasteiger partial charge in [0.1, 0.15) is 17.8 Å². The number of aliphatic hydroxyl groups is 1. The number of hydrogen-bond acceptors (Lipinski definition) is 8. The number of carbonyl (C=O) groups excluding carboxylic acids is 3. The van der Waals surface area contributed by atoms with Gasteiger partial charge in [0.05, 0.1) is 18.5 Å². The molecule has 0 spiro atoms. The van der Waals surface area contributed by atoms with Crippen LogP contribution in [0.5, 0.6) is 5.75 Å². The summed E-state index contributed by atoms with van der Waals surface area (Å²) in [4.78, 5) is 55.9. The average Bonchev–Trinajstić information content (AvgIpc) is 3.30. The minimum Gasteiger partial charge on any atom is -0.508 e. The fourth-order valence-corrected chi connectivity index (χ4v) is 3.13. The van der Waals surface area contributed by atoms with Crippen LogP contribution in [0.2, 0.25) is 0 Å². The molecule has 0 aliphatic heterocycles. The SMILES string of the molecule is CC(NC(=O)C(Cc1ccc(O)cc1)NC(=O)C(N)Cc1cnc[nH]1)C(=O)NC(C(=O)O)C(C)O. The van der Waals surface area contributed by atoms with Crippen LogP contribution in [-0.2, 0) is 32.0 Å². The van der Waals surface area contributed by atoms with Crippen LogP contribution < -0.4 is 21.7 Å². The van der Waals surface area contributed by atoms with Gasteiger partial charge in [-0.1, -0.05) is 12.1 Å². The second-order valence-corrected chi connectivity index (χ2v) is 8.11. The molecule has 0 saturated carbocycles. The first kappa shape index (κ1) is 27.3. The smallest absolute Gasteiger partial charge is 0.328 e. The molecule has 0 bridgehead atoms. The van der Waals surface area contributed by atoms with Crippen LogP contribution in [0.25, 0.3) is 0 Å². The van der Waals surface area contributed by atoms with Gasteiger partial charge in [0.15, 0.2) is 6.04 Å². The summed E-state index contributed by atoms with van der Waals surface area (Å²) in [6, 6.07) is 1.12. The third-order valence-electron chi connectivity index (χ3n) is 5.14. The minimum atomic E-state index is -1.56. The lowest BCUT2D eigenvalue weighted by molar-refractivity contribution is -0.145. The molecule has 3 amide bonds. The second-order valence-electron chi connectivity index (χ2n) is 8.11. The van der Waals surface area contributed by atoms with E-state index in [1.807, 2.05) is 0 Å². The van der Waals surface area contributed by atoms with Crippen molar-refractivity contribution in [2.24, 2.45) is 5.73 Å². The van der Waals surface area contributed by atoms with Gasteiger partial charge in [-0.2, -0.15) is 0 Å². The van der Waals surface area contributed by atoms with Gasteiger partial charge < -0.3 is 42.0 Å². The molecule has 0 aliphatic carbocycles. The number of aliphatic hydroxyl groups excluding tert-OH is 1. The van der Waals surface area contributed by atoms with Crippen molar-refractivity contribution in [2.45, 2.75) is 57.0 Å². The molecule has 9 N–H and O–H groups in total. The quantitative estimate of drug-likeness (QED) is 0.167. The fraction of sp³-hybridized carbons (Fsp3) is 0.409. The lowest BCUT2D eigenvalue weighted by Gasteiger charge is -2.24. The summed E-state index contributed by atoms with van der Waals surface area (Å²) >= 11 is 0. The van der Waals surface area contributed by atoms with Crippen molar-refractivity contribution in [3.8, 4) is 5.75 Å². The standard InChI is InChI=1S/C22H30N6O7/c1-11(19(31)28-18(12(2)29)22(34)35)26-21(33)17(7-13-3-5-15(30)6-4-13)27-20(32)16(23)8-14-9-24-10-25-14/h3-6,9-12,16-18,29-30H,7-8,23H2,1-2H3,(H,24,25)(H,26,33)(H,27,32)(H,28,31)(H,34,35). The highest BCUT2D eigenvalue weighted by molar-refractivity contribution is 5.94. The molecule has 0 fully saturated rings. The van der Waals surface area contributed by atoms with Gasteiger partial charge in [-0.05, 0) is 31.5 Å². The highest BCUT2D eigenvalue weighted by Gasteiger charge is 2.30. The van der Waals surface area contributed by atoms with Gasteiger partial charge in [0.2, 0.25) is 17.7 Å². The number of carboxylic acid groups (broad SMARTS) is 1. The number of aliphatic carboxylic acids is 1. The van der Waals surface area contributed by atoms with Crippen LogP contribution in [-0.4, -0.2) is 79.2 Å². The molecule has 0 aliphatic rings. The molecule has 0 radical (unpaired) electrons. The lowest BCUT2D eigenvalue weighted by Crippen LogP contribution is -2.58. The van der Waals surface area contributed by atoms with Gasteiger partial charge >= 0.3 is 5.97 Å². The predicted molar refractivity (Wildman–Crippen MR) is 123 cm³/mol. The van der Waals surface area contributed by atoms with E-state index in [2.05, 4.69) is 25.9 Å². The summed E-state index contributed by atoms with van der Waals surface area (Å²) in [7, 11) is 0. The molecule has 13 nitrogen and oxygen atoms in total. The maximum absolute atomic E-state index is 13.0. The number of nitrogens with one attached hydrogen (secondary N) is 4. The zero-order valence-electron chi connectivity index (χ0n) is 19.3. The summed E-state index contributed by atoms with van der Waals surface area (Å²) in [5, 5.41) is 35.3. The monoisotopic (exact) mass is 490 g/mol. The number of phenolic OH excluding ortho intramolecular Hbond substituents is 1. The molecule has 190 valence electrons. The molecule has 0 saturated heterocycles. The van der Waals surface area contributed by atoms with Gasteiger partial charge in [0, 0.05) is 24.7 Å². The Morgan fingerprint density at radius 3 is 2.20 bits per heavy atom. The third kappa shape index (κ3) is 8.39. The number of carbonyl (C=O) groups is 4. The Morgan fingerprint density at radius 1 is 1.00 bits per heavy atom. The first-order chi connectivity index (χ1) is 16.5. The molecule has 1 heterocycles. The van der Waals surface area contributed by atoms with Crippen molar-refractivity contribution in [2.75, 3.05) is 0 Å². The zero-order chi connectivity index (χ0) is 26.1. The number of amides is 3. The van der Waals surface area contributed by atoms with Gasteiger partial charge in [-0.3, -0.25) is 14.4 Å². The van der Waals surface area contributed by atoms with Crippen LogP contribution >= 0.6 is 0 Å². The number of aromatic amines is 1. The molecule has 35 heavy (non-hydrogen) atoms. The van der Waals surface area contributed by atoms with Crippen molar-refractivity contribution in [1.29, 1.82) is 0 Å². The van der Waals surface area contributed by atoms with Gasteiger partial charge in [0.25, 0.3) is 0 Å². The van der Waals surface area contributed by atoms with Crippen molar-refractivity contribution < 1.29 is 34.5 Å². The zero-order valence-corrected chi connectivity index (χ0v) is 19.3. The van der Waals surface area contributed by atoms with Gasteiger partial charge in [-0.25, -0.2) is 9.78 Å². The minimum absolute atomic E-state index is 0.0222. The van der Waals surface area contributed by atoms with Crippen LogP contribution in [0.15, 0.2) is 36.8 Å². The van der Waals surface area contributed by atoms with E-state index < -0.39 is 54.0 Å². The Hall–Kier alpha value is -3.97.